The van der Waals surface area contributed by atoms with Crippen LogP contribution in [0.4, 0.5) is 13.2 Å². The maximum absolute atomic E-state index is 12.5. The fourth-order valence-electron chi connectivity index (χ4n) is 2.30. The second-order valence-corrected chi connectivity index (χ2v) is 5.15. The van der Waals surface area contributed by atoms with Crippen LogP contribution >= 0.6 is 0 Å². The van der Waals surface area contributed by atoms with E-state index in [0.29, 0.717) is 11.3 Å². The van der Waals surface area contributed by atoms with E-state index in [0.717, 1.165) is 17.7 Å². The molecular weight excluding hydrogens is 305 g/mol. The van der Waals surface area contributed by atoms with Crippen LogP contribution in [0.2, 0.25) is 0 Å². The summed E-state index contributed by atoms with van der Waals surface area (Å²) in [5.41, 5.74) is 1.22. The number of aromatic nitrogens is 2. The predicted octanol–water partition coefficient (Wildman–Crippen LogP) is 3.91. The molecule has 0 bridgehead atoms. The number of aromatic amines is 1. The van der Waals surface area contributed by atoms with Crippen molar-refractivity contribution in [1.82, 2.24) is 9.78 Å². The molecule has 0 spiro atoms. The van der Waals surface area contributed by atoms with Crippen molar-refractivity contribution >= 4 is 0 Å². The van der Waals surface area contributed by atoms with Gasteiger partial charge in [0, 0.05) is 6.07 Å². The van der Waals surface area contributed by atoms with Crippen LogP contribution in [0, 0.1) is 0 Å². The van der Waals surface area contributed by atoms with Gasteiger partial charge in [0.25, 0.3) is 5.56 Å². The Morgan fingerprint density at radius 1 is 0.957 bits per heavy atom. The summed E-state index contributed by atoms with van der Waals surface area (Å²) in [6, 6.07) is 15.6. The van der Waals surface area contributed by atoms with Gasteiger partial charge in [-0.1, -0.05) is 42.5 Å². The average Bonchev–Trinajstić information content (AvgIpc) is 2.89. The van der Waals surface area contributed by atoms with Gasteiger partial charge in [-0.2, -0.15) is 13.2 Å². The Morgan fingerprint density at radius 3 is 2.22 bits per heavy atom. The zero-order valence-electron chi connectivity index (χ0n) is 12.0. The molecule has 0 saturated carbocycles. The van der Waals surface area contributed by atoms with Crippen molar-refractivity contribution in [2.24, 2.45) is 0 Å². The molecule has 1 N–H and O–H groups in total. The van der Waals surface area contributed by atoms with E-state index < -0.39 is 11.7 Å². The molecule has 0 aliphatic heterocycles. The Bertz CT molecular complexity index is 846. The van der Waals surface area contributed by atoms with E-state index in [1.807, 2.05) is 30.3 Å². The minimum atomic E-state index is -4.36. The zero-order valence-corrected chi connectivity index (χ0v) is 12.0. The van der Waals surface area contributed by atoms with Crippen LogP contribution in [0.25, 0.3) is 11.3 Å². The van der Waals surface area contributed by atoms with E-state index in [9.17, 15) is 18.0 Å². The summed E-state index contributed by atoms with van der Waals surface area (Å²) in [5.74, 6) is 0. The molecule has 3 rings (SSSR count). The standard InChI is InChI=1S/C17H13F3N2O/c18-17(19,20)14-8-6-12(7-9-14)11-22-16(23)10-15(21-22)13-4-2-1-3-5-13/h1-10,21H,11H2. The maximum Gasteiger partial charge on any atom is 0.416 e. The lowest BCUT2D eigenvalue weighted by Crippen LogP contribution is -2.16. The largest absolute Gasteiger partial charge is 0.416 e. The summed E-state index contributed by atoms with van der Waals surface area (Å²) >= 11 is 0. The van der Waals surface area contributed by atoms with Gasteiger partial charge in [-0.05, 0) is 23.3 Å². The molecule has 2 aromatic carbocycles. The maximum atomic E-state index is 12.5. The smallest absolute Gasteiger partial charge is 0.295 e. The Balaban J connectivity index is 1.84. The number of H-pyrrole nitrogens is 1. The van der Waals surface area contributed by atoms with Crippen molar-refractivity contribution in [2.75, 3.05) is 0 Å². The minimum absolute atomic E-state index is 0.184. The number of halogens is 3. The summed E-state index contributed by atoms with van der Waals surface area (Å²) < 4.78 is 39.0. The Morgan fingerprint density at radius 2 is 1.61 bits per heavy atom. The number of nitrogens with one attached hydrogen (secondary N) is 1. The van der Waals surface area contributed by atoms with Gasteiger partial charge < -0.3 is 0 Å². The molecule has 0 fully saturated rings. The lowest BCUT2D eigenvalue weighted by molar-refractivity contribution is -0.137. The van der Waals surface area contributed by atoms with E-state index in [2.05, 4.69) is 5.10 Å². The normalized spacial score (nSPS) is 11.6. The van der Waals surface area contributed by atoms with Crippen LogP contribution in [-0.2, 0) is 12.7 Å². The average molecular weight is 318 g/mol. The molecule has 0 unspecified atom stereocenters. The Labute approximate surface area is 130 Å². The lowest BCUT2D eigenvalue weighted by atomic mass is 10.1. The van der Waals surface area contributed by atoms with E-state index in [1.54, 1.807) is 0 Å². The van der Waals surface area contributed by atoms with E-state index in [1.165, 1.54) is 22.9 Å². The summed E-state index contributed by atoms with van der Waals surface area (Å²) in [4.78, 5) is 12.0. The molecular formula is C17H13F3N2O. The van der Waals surface area contributed by atoms with Crippen molar-refractivity contribution in [3.8, 4) is 11.3 Å². The number of alkyl halides is 3. The van der Waals surface area contributed by atoms with Crippen molar-refractivity contribution in [3.63, 3.8) is 0 Å². The van der Waals surface area contributed by atoms with Gasteiger partial charge >= 0.3 is 6.18 Å². The van der Waals surface area contributed by atoms with Crippen LogP contribution in [-0.4, -0.2) is 9.78 Å². The van der Waals surface area contributed by atoms with E-state index in [4.69, 9.17) is 0 Å². The molecule has 0 aliphatic rings. The van der Waals surface area contributed by atoms with Gasteiger partial charge in [-0.25, -0.2) is 4.68 Å². The van der Waals surface area contributed by atoms with Crippen molar-refractivity contribution in [1.29, 1.82) is 0 Å². The van der Waals surface area contributed by atoms with Crippen LogP contribution < -0.4 is 5.56 Å². The van der Waals surface area contributed by atoms with Crippen molar-refractivity contribution in [2.45, 2.75) is 12.7 Å². The van der Waals surface area contributed by atoms with Crippen LogP contribution in [0.5, 0.6) is 0 Å². The molecule has 3 nitrogen and oxygen atoms in total. The third kappa shape index (κ3) is 3.36. The molecule has 0 atom stereocenters. The van der Waals surface area contributed by atoms with E-state index in [-0.39, 0.29) is 12.1 Å². The Kier molecular flexibility index (Phi) is 3.82. The SMILES string of the molecule is O=c1cc(-c2ccccc2)[nH]n1Cc1ccc(C(F)(F)F)cc1. The van der Waals surface area contributed by atoms with Gasteiger partial charge in [0.1, 0.15) is 0 Å². The number of hydrogen-bond donors (Lipinski definition) is 1. The van der Waals surface area contributed by atoms with Crippen LogP contribution in [0.1, 0.15) is 11.1 Å². The third-order valence-electron chi connectivity index (χ3n) is 3.50. The van der Waals surface area contributed by atoms with Gasteiger partial charge in [-0.15, -0.1) is 0 Å². The number of benzene rings is 2. The first kappa shape index (κ1) is 15.1. The fourth-order valence-corrected chi connectivity index (χ4v) is 2.30. The summed E-state index contributed by atoms with van der Waals surface area (Å²) in [7, 11) is 0. The predicted molar refractivity (Wildman–Crippen MR) is 81.0 cm³/mol. The molecule has 0 radical (unpaired) electrons. The summed E-state index contributed by atoms with van der Waals surface area (Å²) in [6.45, 7) is 0.184. The summed E-state index contributed by atoms with van der Waals surface area (Å²) in [5, 5.41) is 2.97. The van der Waals surface area contributed by atoms with Gasteiger partial charge in [0.15, 0.2) is 0 Å². The summed E-state index contributed by atoms with van der Waals surface area (Å²) in [6.07, 6.45) is -4.36. The number of nitrogens with zero attached hydrogens (tertiary/aromatic N) is 1. The molecule has 0 aliphatic carbocycles. The molecule has 6 heteroatoms. The van der Waals surface area contributed by atoms with Crippen LogP contribution in [0.15, 0.2) is 65.5 Å². The third-order valence-corrected chi connectivity index (χ3v) is 3.50. The molecule has 1 heterocycles. The quantitative estimate of drug-likeness (QED) is 0.781. The van der Waals surface area contributed by atoms with Crippen LogP contribution in [0.3, 0.4) is 0 Å². The zero-order chi connectivity index (χ0) is 16.4. The van der Waals surface area contributed by atoms with E-state index >= 15 is 0 Å². The fraction of sp³-hybridized carbons (Fsp3) is 0.118. The second kappa shape index (κ2) is 5.79. The first-order valence-corrected chi connectivity index (χ1v) is 6.95. The number of rotatable bonds is 3. The highest BCUT2D eigenvalue weighted by Gasteiger charge is 2.29. The molecule has 23 heavy (non-hydrogen) atoms. The highest BCUT2D eigenvalue weighted by molar-refractivity contribution is 5.58. The van der Waals surface area contributed by atoms with Crippen molar-refractivity contribution in [3.05, 3.63) is 82.1 Å². The second-order valence-electron chi connectivity index (χ2n) is 5.15. The molecule has 3 aromatic rings. The molecule has 0 saturated heterocycles. The lowest BCUT2D eigenvalue weighted by Gasteiger charge is -2.08. The molecule has 0 amide bonds. The minimum Gasteiger partial charge on any atom is -0.295 e. The van der Waals surface area contributed by atoms with Gasteiger partial charge in [-0.3, -0.25) is 9.89 Å². The van der Waals surface area contributed by atoms with Crippen molar-refractivity contribution < 1.29 is 13.2 Å². The number of hydrogen-bond acceptors (Lipinski definition) is 1. The first-order valence-electron chi connectivity index (χ1n) is 6.95. The highest BCUT2D eigenvalue weighted by Crippen LogP contribution is 2.29. The monoisotopic (exact) mass is 318 g/mol. The van der Waals surface area contributed by atoms with Gasteiger partial charge in [0.2, 0.25) is 0 Å². The molecule has 1 aromatic heterocycles. The van der Waals surface area contributed by atoms with Gasteiger partial charge in [0.05, 0.1) is 17.8 Å². The topological polar surface area (TPSA) is 37.8 Å². The molecule has 118 valence electrons. The first-order chi connectivity index (χ1) is 10.9. The Hall–Kier alpha value is -2.76. The highest BCUT2D eigenvalue weighted by atomic mass is 19.4.